The molecule has 0 saturated carbocycles. The van der Waals surface area contributed by atoms with Crippen LogP contribution in [0.25, 0.3) is 0 Å². The van der Waals surface area contributed by atoms with Crippen molar-refractivity contribution in [1.82, 2.24) is 0 Å². The summed E-state index contributed by atoms with van der Waals surface area (Å²) >= 11 is 0. The normalized spacial score (nSPS) is 9.58. The van der Waals surface area contributed by atoms with Crippen LogP contribution in [0.1, 0.15) is 19.3 Å². The molecule has 0 aliphatic carbocycles. The lowest BCUT2D eigenvalue weighted by Crippen LogP contribution is -2.16. The first-order chi connectivity index (χ1) is 5.56. The predicted octanol–water partition coefficient (Wildman–Crippen LogP) is 3.38. The van der Waals surface area contributed by atoms with Gasteiger partial charge in [-0.1, -0.05) is 26.2 Å². The Kier molecular flexibility index (Phi) is 5.54. The zero-order valence-corrected chi connectivity index (χ0v) is 9.41. The first kappa shape index (κ1) is 11.3. The summed E-state index contributed by atoms with van der Waals surface area (Å²) in [5, 5.41) is 0. The predicted molar refractivity (Wildman–Crippen MR) is 58.7 cm³/mol. The maximum Gasteiger partial charge on any atom is 0.129 e. The van der Waals surface area contributed by atoms with Crippen LogP contribution < -0.4 is 0 Å². The van der Waals surface area contributed by atoms with E-state index in [1.165, 1.54) is 0 Å². The fourth-order valence-electron chi connectivity index (χ4n) is 0.722. The summed E-state index contributed by atoms with van der Waals surface area (Å²) in [7, 11) is -1.12. The molecule has 0 atom stereocenters. The fraction of sp³-hybridized carbons (Fsp3) is 0.545. The van der Waals surface area contributed by atoms with Gasteiger partial charge in [0.15, 0.2) is 0 Å². The Morgan fingerprint density at radius 1 is 1.33 bits per heavy atom. The van der Waals surface area contributed by atoms with Crippen LogP contribution in [-0.2, 0) is 0 Å². The van der Waals surface area contributed by atoms with Crippen molar-refractivity contribution in [3.8, 4) is 11.5 Å². The zero-order valence-electron chi connectivity index (χ0n) is 8.41. The van der Waals surface area contributed by atoms with E-state index in [-0.39, 0.29) is 0 Å². The quantitative estimate of drug-likeness (QED) is 0.269. The second kappa shape index (κ2) is 5.89. The summed E-state index contributed by atoms with van der Waals surface area (Å²) in [6.07, 6.45) is 5.18. The van der Waals surface area contributed by atoms with E-state index >= 15 is 0 Å². The molecule has 0 unspecified atom stereocenters. The average molecular weight is 178 g/mol. The van der Waals surface area contributed by atoms with Gasteiger partial charge in [0.1, 0.15) is 8.07 Å². The fourth-order valence-corrected chi connectivity index (χ4v) is 1.38. The second-order valence-corrected chi connectivity index (χ2v) is 8.60. The van der Waals surface area contributed by atoms with Gasteiger partial charge in [0.2, 0.25) is 0 Å². The van der Waals surface area contributed by atoms with E-state index in [4.69, 9.17) is 0 Å². The Hall–Kier alpha value is -0.703. The summed E-state index contributed by atoms with van der Waals surface area (Å²) in [6.45, 7) is 10.3. The molecule has 0 aromatic heterocycles. The molecule has 0 bridgehead atoms. The van der Waals surface area contributed by atoms with Crippen LogP contribution in [0.4, 0.5) is 0 Å². The molecule has 0 aromatic rings. The Morgan fingerprint density at radius 3 is 2.50 bits per heavy atom. The number of rotatable bonds is 3. The van der Waals surface area contributed by atoms with Crippen molar-refractivity contribution in [3.05, 3.63) is 18.4 Å². The SMILES string of the molecule is C=C=CCCCC#C[Si](C)(C)C. The maximum atomic E-state index is 3.51. The highest BCUT2D eigenvalue weighted by Gasteiger charge is 2.06. The molecule has 0 aliphatic rings. The summed E-state index contributed by atoms with van der Waals surface area (Å²) in [5.74, 6) is 3.23. The molecular weight excluding hydrogens is 160 g/mol. The van der Waals surface area contributed by atoms with Gasteiger partial charge in [-0.05, 0) is 18.9 Å². The van der Waals surface area contributed by atoms with Crippen LogP contribution in [0.2, 0.25) is 19.6 Å². The molecule has 0 saturated heterocycles. The molecular formula is C11H18Si. The number of hydrogen-bond acceptors (Lipinski definition) is 0. The summed E-state index contributed by atoms with van der Waals surface area (Å²) < 4.78 is 0. The highest BCUT2D eigenvalue weighted by molar-refractivity contribution is 6.83. The van der Waals surface area contributed by atoms with Crippen molar-refractivity contribution in [2.75, 3.05) is 0 Å². The smallest absolute Gasteiger partial charge is 0.129 e. The molecule has 0 heterocycles. The van der Waals surface area contributed by atoms with Crippen molar-refractivity contribution in [3.63, 3.8) is 0 Å². The molecule has 0 aliphatic heterocycles. The van der Waals surface area contributed by atoms with E-state index in [9.17, 15) is 0 Å². The minimum Gasteiger partial charge on any atom is -0.133 e. The van der Waals surface area contributed by atoms with Crippen molar-refractivity contribution < 1.29 is 0 Å². The molecule has 0 amide bonds. The Labute approximate surface area is 77.4 Å². The number of hydrogen-bond donors (Lipinski definition) is 0. The van der Waals surface area contributed by atoms with Gasteiger partial charge < -0.3 is 0 Å². The van der Waals surface area contributed by atoms with E-state index in [0.29, 0.717) is 0 Å². The molecule has 0 rings (SSSR count). The van der Waals surface area contributed by atoms with Crippen molar-refractivity contribution in [2.45, 2.75) is 38.9 Å². The minimum atomic E-state index is -1.12. The Bertz CT molecular complexity index is 216. The van der Waals surface area contributed by atoms with E-state index in [1.807, 2.05) is 6.08 Å². The third-order valence-corrected chi connectivity index (χ3v) is 2.18. The minimum absolute atomic E-state index is 1.02. The largest absolute Gasteiger partial charge is 0.133 e. The molecule has 0 radical (unpaired) electrons. The van der Waals surface area contributed by atoms with Gasteiger partial charge in [-0.3, -0.25) is 0 Å². The Balaban J connectivity index is 3.53. The summed E-state index contributed by atoms with van der Waals surface area (Å²) in [6, 6.07) is 0. The van der Waals surface area contributed by atoms with Gasteiger partial charge in [0, 0.05) is 6.42 Å². The highest BCUT2D eigenvalue weighted by Crippen LogP contribution is 1.98. The maximum absolute atomic E-state index is 3.51. The van der Waals surface area contributed by atoms with E-state index < -0.39 is 8.07 Å². The topological polar surface area (TPSA) is 0 Å². The van der Waals surface area contributed by atoms with Crippen LogP contribution in [0, 0.1) is 11.5 Å². The van der Waals surface area contributed by atoms with Crippen molar-refractivity contribution >= 4 is 8.07 Å². The Morgan fingerprint density at radius 2 is 2.00 bits per heavy atom. The van der Waals surface area contributed by atoms with Gasteiger partial charge in [-0.15, -0.1) is 17.2 Å². The summed E-state index contributed by atoms with van der Waals surface area (Å²) in [4.78, 5) is 0. The lowest BCUT2D eigenvalue weighted by atomic mass is 10.2. The lowest BCUT2D eigenvalue weighted by Gasteiger charge is -2.02. The molecule has 1 heteroatoms. The number of unbranched alkanes of at least 4 members (excludes halogenated alkanes) is 2. The van der Waals surface area contributed by atoms with Crippen LogP contribution in [0.3, 0.4) is 0 Å². The van der Waals surface area contributed by atoms with Gasteiger partial charge >= 0.3 is 0 Å². The van der Waals surface area contributed by atoms with Crippen molar-refractivity contribution in [2.24, 2.45) is 0 Å². The highest BCUT2D eigenvalue weighted by atomic mass is 28.3. The molecule has 0 aromatic carbocycles. The molecule has 0 spiro atoms. The van der Waals surface area contributed by atoms with Crippen molar-refractivity contribution in [1.29, 1.82) is 0 Å². The van der Waals surface area contributed by atoms with Gasteiger partial charge in [0.05, 0.1) is 0 Å². The van der Waals surface area contributed by atoms with E-state index in [1.54, 1.807) is 0 Å². The zero-order chi connectivity index (χ0) is 9.45. The molecule has 66 valence electrons. The van der Waals surface area contributed by atoms with Crippen LogP contribution in [0.5, 0.6) is 0 Å². The number of allylic oxidation sites excluding steroid dienone is 1. The third kappa shape index (κ3) is 9.30. The molecule has 0 fully saturated rings. The van der Waals surface area contributed by atoms with E-state index in [0.717, 1.165) is 19.3 Å². The summed E-state index contributed by atoms with van der Waals surface area (Å²) in [5.41, 5.74) is 6.10. The molecule has 12 heavy (non-hydrogen) atoms. The standard InChI is InChI=1S/C11H18Si/c1-5-6-7-8-9-10-11-12(2,3)4/h6H,1,7-9H2,2-4H3. The van der Waals surface area contributed by atoms with Crippen LogP contribution in [0.15, 0.2) is 18.4 Å². The van der Waals surface area contributed by atoms with E-state index in [2.05, 4.69) is 43.4 Å². The van der Waals surface area contributed by atoms with Crippen LogP contribution in [-0.4, -0.2) is 8.07 Å². The third-order valence-electron chi connectivity index (χ3n) is 1.26. The molecule has 0 nitrogen and oxygen atoms in total. The lowest BCUT2D eigenvalue weighted by molar-refractivity contribution is 0.886. The monoisotopic (exact) mass is 178 g/mol. The second-order valence-electron chi connectivity index (χ2n) is 3.85. The molecule has 0 N–H and O–H groups in total. The first-order valence-corrected chi connectivity index (χ1v) is 7.90. The van der Waals surface area contributed by atoms with Gasteiger partial charge in [-0.25, -0.2) is 0 Å². The average Bonchev–Trinajstić information content (AvgIpc) is 1.94. The van der Waals surface area contributed by atoms with Gasteiger partial charge in [0.25, 0.3) is 0 Å². The first-order valence-electron chi connectivity index (χ1n) is 4.40. The van der Waals surface area contributed by atoms with Gasteiger partial charge in [-0.2, -0.15) is 0 Å². The van der Waals surface area contributed by atoms with Crippen LogP contribution >= 0.6 is 0 Å².